The normalized spacial score (nSPS) is 39.5. The van der Waals surface area contributed by atoms with Crippen LogP contribution in [0.5, 0.6) is 0 Å². The number of hydrogen-bond donors (Lipinski definition) is 0. The van der Waals surface area contributed by atoms with Crippen LogP contribution in [0.4, 0.5) is 0 Å². The molecule has 2 aliphatic heterocycles. The number of carbonyl (C=O) groups excluding carboxylic acids is 2. The van der Waals surface area contributed by atoms with Gasteiger partial charge in [0.1, 0.15) is 0 Å². The van der Waals surface area contributed by atoms with E-state index < -0.39 is 0 Å². The van der Waals surface area contributed by atoms with Crippen LogP contribution in [-0.2, 0) is 14.3 Å². The van der Waals surface area contributed by atoms with Crippen molar-refractivity contribution >= 4 is 11.8 Å². The summed E-state index contributed by atoms with van der Waals surface area (Å²) < 4.78 is 5.53. The third-order valence-electron chi connectivity index (χ3n) is 4.37. The second kappa shape index (κ2) is 4.50. The molecule has 0 aromatic heterocycles. The summed E-state index contributed by atoms with van der Waals surface area (Å²) in [5.41, 5.74) is 0. The van der Waals surface area contributed by atoms with Gasteiger partial charge in [-0.15, -0.1) is 0 Å². The lowest BCUT2D eigenvalue weighted by atomic mass is 9.78. The maximum Gasteiger partial charge on any atom is 0.233 e. The molecule has 3 aliphatic rings. The summed E-state index contributed by atoms with van der Waals surface area (Å²) in [6, 6.07) is 0. The Labute approximate surface area is 107 Å². The van der Waals surface area contributed by atoms with Crippen molar-refractivity contribution in [2.75, 3.05) is 13.2 Å². The molecule has 4 nitrogen and oxygen atoms in total. The van der Waals surface area contributed by atoms with E-state index in [1.165, 1.54) is 4.90 Å². The lowest BCUT2D eigenvalue weighted by Gasteiger charge is -2.22. The second-order valence-electron chi connectivity index (χ2n) is 5.58. The number of hydrogen-bond acceptors (Lipinski definition) is 3. The van der Waals surface area contributed by atoms with Gasteiger partial charge < -0.3 is 4.74 Å². The molecule has 0 N–H and O–H groups in total. The van der Waals surface area contributed by atoms with Crippen molar-refractivity contribution in [3.63, 3.8) is 0 Å². The maximum atomic E-state index is 12.4. The predicted octanol–water partition coefficient (Wildman–Crippen LogP) is 1.36. The van der Waals surface area contributed by atoms with Crippen molar-refractivity contribution in [3.05, 3.63) is 12.2 Å². The van der Waals surface area contributed by atoms with Crippen molar-refractivity contribution in [3.8, 4) is 0 Å². The number of allylic oxidation sites excluding steroid dienone is 2. The van der Waals surface area contributed by atoms with Crippen molar-refractivity contribution in [1.82, 2.24) is 4.90 Å². The first kappa shape index (κ1) is 11.9. The molecule has 4 atom stereocenters. The summed E-state index contributed by atoms with van der Waals surface area (Å²) in [4.78, 5) is 26.1. The highest BCUT2D eigenvalue weighted by atomic mass is 16.5. The number of rotatable bonds is 2. The zero-order chi connectivity index (χ0) is 12.7. The molecule has 0 aromatic carbocycles. The van der Waals surface area contributed by atoms with Crippen molar-refractivity contribution in [2.24, 2.45) is 17.8 Å². The fourth-order valence-corrected chi connectivity index (χ4v) is 3.38. The molecule has 2 fully saturated rings. The van der Waals surface area contributed by atoms with E-state index in [1.54, 1.807) is 0 Å². The molecule has 98 valence electrons. The van der Waals surface area contributed by atoms with Crippen molar-refractivity contribution in [2.45, 2.75) is 32.3 Å². The highest BCUT2D eigenvalue weighted by Crippen LogP contribution is 2.38. The Balaban J connectivity index is 1.76. The van der Waals surface area contributed by atoms with Gasteiger partial charge in [0.15, 0.2) is 0 Å². The van der Waals surface area contributed by atoms with E-state index in [0.717, 1.165) is 19.4 Å². The fraction of sp³-hybridized carbons (Fsp3) is 0.714. The van der Waals surface area contributed by atoms with E-state index in [9.17, 15) is 9.59 Å². The molecule has 2 saturated heterocycles. The number of ether oxygens (including phenoxy) is 1. The summed E-state index contributed by atoms with van der Waals surface area (Å²) in [5, 5.41) is 0. The monoisotopic (exact) mass is 249 g/mol. The first-order chi connectivity index (χ1) is 8.68. The third-order valence-corrected chi connectivity index (χ3v) is 4.37. The highest BCUT2D eigenvalue weighted by Gasteiger charge is 2.50. The largest absolute Gasteiger partial charge is 0.376 e. The molecule has 0 unspecified atom stereocenters. The molecule has 0 aromatic rings. The lowest BCUT2D eigenvalue weighted by Crippen LogP contribution is -2.37. The van der Waals surface area contributed by atoms with Gasteiger partial charge in [0.2, 0.25) is 11.8 Å². The quantitative estimate of drug-likeness (QED) is 0.548. The molecule has 18 heavy (non-hydrogen) atoms. The number of imide groups is 1. The molecule has 0 spiro atoms. The van der Waals surface area contributed by atoms with E-state index in [-0.39, 0.29) is 35.7 Å². The van der Waals surface area contributed by atoms with Crippen LogP contribution in [-0.4, -0.2) is 36.0 Å². The molecule has 0 bridgehead atoms. The van der Waals surface area contributed by atoms with E-state index in [1.807, 2.05) is 13.0 Å². The van der Waals surface area contributed by atoms with Gasteiger partial charge in [0.05, 0.1) is 24.5 Å². The Kier molecular flexibility index (Phi) is 2.98. The molecule has 0 radical (unpaired) electrons. The summed E-state index contributed by atoms with van der Waals surface area (Å²) in [7, 11) is 0. The fourth-order valence-electron chi connectivity index (χ4n) is 3.38. The summed E-state index contributed by atoms with van der Waals surface area (Å²) >= 11 is 0. The van der Waals surface area contributed by atoms with Crippen molar-refractivity contribution < 1.29 is 14.3 Å². The summed E-state index contributed by atoms with van der Waals surface area (Å²) in [6.45, 7) is 3.23. The standard InChI is InChI=1S/C14H19NO3/c1-9-4-2-6-11-12(9)14(17)15(13(11)16)8-10-5-3-7-18-10/h2,4,9-12H,3,5-8H2,1H3/t9-,10-,11+,12+/m1/s1. The van der Waals surface area contributed by atoms with Crippen LogP contribution >= 0.6 is 0 Å². The second-order valence-corrected chi connectivity index (χ2v) is 5.58. The zero-order valence-electron chi connectivity index (χ0n) is 10.7. The van der Waals surface area contributed by atoms with Crippen LogP contribution in [0.2, 0.25) is 0 Å². The van der Waals surface area contributed by atoms with E-state index in [0.29, 0.717) is 13.0 Å². The predicted molar refractivity (Wildman–Crippen MR) is 65.6 cm³/mol. The van der Waals surface area contributed by atoms with Gasteiger partial charge in [-0.2, -0.15) is 0 Å². The molecule has 1 aliphatic carbocycles. The first-order valence-corrected chi connectivity index (χ1v) is 6.82. The van der Waals surface area contributed by atoms with Gasteiger partial charge in [0.25, 0.3) is 0 Å². The Morgan fingerprint density at radius 3 is 2.89 bits per heavy atom. The molecule has 2 heterocycles. The number of fused-ring (bicyclic) bond motifs is 1. The number of nitrogens with zero attached hydrogens (tertiary/aromatic N) is 1. The first-order valence-electron chi connectivity index (χ1n) is 6.82. The van der Waals surface area contributed by atoms with Gasteiger partial charge in [-0.25, -0.2) is 0 Å². The average molecular weight is 249 g/mol. The van der Waals surface area contributed by atoms with Crippen LogP contribution in [0.1, 0.15) is 26.2 Å². The zero-order valence-corrected chi connectivity index (χ0v) is 10.7. The van der Waals surface area contributed by atoms with E-state index in [2.05, 4.69) is 6.08 Å². The molecule has 3 rings (SSSR count). The molecule has 4 heteroatoms. The smallest absolute Gasteiger partial charge is 0.233 e. The van der Waals surface area contributed by atoms with E-state index >= 15 is 0 Å². The number of amides is 2. The number of carbonyl (C=O) groups is 2. The van der Waals surface area contributed by atoms with Gasteiger partial charge in [0, 0.05) is 6.61 Å². The van der Waals surface area contributed by atoms with Crippen LogP contribution in [0.3, 0.4) is 0 Å². The highest BCUT2D eigenvalue weighted by molar-refractivity contribution is 6.05. The molecular formula is C14H19NO3. The average Bonchev–Trinajstić information content (AvgIpc) is 2.94. The lowest BCUT2D eigenvalue weighted by molar-refractivity contribution is -0.141. The van der Waals surface area contributed by atoms with Gasteiger partial charge in [-0.05, 0) is 25.2 Å². The Hall–Kier alpha value is -1.16. The van der Waals surface area contributed by atoms with E-state index in [4.69, 9.17) is 4.74 Å². The Morgan fingerprint density at radius 2 is 2.22 bits per heavy atom. The minimum Gasteiger partial charge on any atom is -0.376 e. The minimum absolute atomic E-state index is 0.0108. The maximum absolute atomic E-state index is 12.4. The van der Waals surface area contributed by atoms with Crippen LogP contribution in [0.25, 0.3) is 0 Å². The summed E-state index contributed by atoms with van der Waals surface area (Å²) in [5.74, 6) is -0.0634. The SMILES string of the molecule is C[C@@H]1C=CC[C@@H]2C(=O)N(C[C@H]3CCCO3)C(=O)[C@@H]12. The third kappa shape index (κ3) is 1.79. The Morgan fingerprint density at radius 1 is 1.39 bits per heavy atom. The molecular weight excluding hydrogens is 230 g/mol. The molecule has 2 amide bonds. The van der Waals surface area contributed by atoms with Gasteiger partial charge in [-0.3, -0.25) is 14.5 Å². The Bertz CT molecular complexity index is 398. The minimum atomic E-state index is -0.135. The van der Waals surface area contributed by atoms with Crippen LogP contribution in [0, 0.1) is 17.8 Å². The number of likely N-dealkylation sites (tertiary alicyclic amines) is 1. The topological polar surface area (TPSA) is 46.6 Å². The van der Waals surface area contributed by atoms with Gasteiger partial charge in [-0.1, -0.05) is 19.1 Å². The van der Waals surface area contributed by atoms with Crippen LogP contribution in [0.15, 0.2) is 12.2 Å². The van der Waals surface area contributed by atoms with Crippen LogP contribution < -0.4 is 0 Å². The van der Waals surface area contributed by atoms with Crippen molar-refractivity contribution in [1.29, 1.82) is 0 Å². The summed E-state index contributed by atoms with van der Waals surface area (Å²) in [6.07, 6.45) is 6.85. The van der Waals surface area contributed by atoms with Gasteiger partial charge >= 0.3 is 0 Å². The molecule has 0 saturated carbocycles.